The second kappa shape index (κ2) is 5.96. The van der Waals surface area contributed by atoms with Gasteiger partial charge in [-0.2, -0.15) is 0 Å². The number of nitrogens with zero attached hydrogens (tertiary/aromatic N) is 4. The summed E-state index contributed by atoms with van der Waals surface area (Å²) < 4.78 is 24.3. The molecule has 0 spiro atoms. The number of nitrogens with one attached hydrogen (secondary N) is 1. The lowest BCUT2D eigenvalue weighted by Crippen LogP contribution is -2.08. The lowest BCUT2D eigenvalue weighted by Gasteiger charge is -2.06. The molecule has 0 bridgehead atoms. The minimum atomic E-state index is -3.14. The highest BCUT2D eigenvalue weighted by Gasteiger charge is 2.06. The summed E-state index contributed by atoms with van der Waals surface area (Å²) in [5.74, 6) is 1.40. The van der Waals surface area contributed by atoms with Crippen molar-refractivity contribution in [1.82, 2.24) is 19.8 Å². The lowest BCUT2D eigenvalue weighted by molar-refractivity contribution is 0.602. The Labute approximate surface area is 134 Å². The number of anilines is 1. The quantitative estimate of drug-likeness (QED) is 0.762. The van der Waals surface area contributed by atoms with Crippen LogP contribution in [0.1, 0.15) is 11.4 Å². The molecular weight excluding hydrogens is 314 g/mol. The molecule has 0 atom stereocenters. The molecule has 23 heavy (non-hydrogen) atoms. The Kier molecular flexibility index (Phi) is 3.99. The lowest BCUT2D eigenvalue weighted by atomic mass is 10.1. The van der Waals surface area contributed by atoms with Crippen LogP contribution in [0.2, 0.25) is 0 Å². The first-order valence-corrected chi connectivity index (χ1v) is 9.04. The van der Waals surface area contributed by atoms with Crippen molar-refractivity contribution >= 4 is 21.3 Å². The van der Waals surface area contributed by atoms with E-state index in [0.717, 1.165) is 17.8 Å². The van der Waals surface area contributed by atoms with Gasteiger partial charge in [0.25, 0.3) is 0 Å². The Morgan fingerprint density at radius 1 is 1.09 bits per heavy atom. The summed E-state index contributed by atoms with van der Waals surface area (Å²) in [6, 6.07) is 10.6. The molecular formula is C15H17N5O2S. The zero-order chi connectivity index (χ0) is 16.4. The minimum Gasteiger partial charge on any atom is -0.368 e. The van der Waals surface area contributed by atoms with Gasteiger partial charge in [0, 0.05) is 12.8 Å². The zero-order valence-corrected chi connectivity index (χ0v) is 13.7. The molecule has 0 aliphatic carbocycles. The molecule has 0 radical (unpaired) electrons. The van der Waals surface area contributed by atoms with E-state index in [0.29, 0.717) is 22.9 Å². The van der Waals surface area contributed by atoms with Crippen molar-refractivity contribution in [3.05, 3.63) is 47.8 Å². The van der Waals surface area contributed by atoms with Gasteiger partial charge in [0.1, 0.15) is 11.6 Å². The van der Waals surface area contributed by atoms with Crippen molar-refractivity contribution < 1.29 is 8.42 Å². The highest BCUT2D eigenvalue weighted by molar-refractivity contribution is 7.90. The molecule has 0 saturated carbocycles. The second-order valence-electron chi connectivity index (χ2n) is 5.32. The SMILES string of the molecule is Cc1nc2ccc(NCCc3ccc(S(C)(=O)=O)cc3)nn2n1. The summed E-state index contributed by atoms with van der Waals surface area (Å²) in [6.07, 6.45) is 1.97. The van der Waals surface area contributed by atoms with Gasteiger partial charge in [-0.05, 0) is 43.2 Å². The number of fused-ring (bicyclic) bond motifs is 1. The van der Waals surface area contributed by atoms with Crippen LogP contribution in [0.4, 0.5) is 5.82 Å². The van der Waals surface area contributed by atoms with Crippen molar-refractivity contribution in [3.8, 4) is 0 Å². The number of hydrogen-bond donors (Lipinski definition) is 1. The third-order valence-corrected chi connectivity index (χ3v) is 4.51. The van der Waals surface area contributed by atoms with E-state index in [9.17, 15) is 8.42 Å². The molecule has 2 aromatic heterocycles. The average molecular weight is 331 g/mol. The molecule has 2 heterocycles. The Balaban J connectivity index is 1.61. The van der Waals surface area contributed by atoms with Gasteiger partial charge in [-0.25, -0.2) is 13.4 Å². The molecule has 0 saturated heterocycles. The van der Waals surface area contributed by atoms with E-state index in [-0.39, 0.29) is 0 Å². The van der Waals surface area contributed by atoms with Gasteiger partial charge in [0.15, 0.2) is 15.5 Å². The maximum Gasteiger partial charge on any atom is 0.176 e. The van der Waals surface area contributed by atoms with Crippen LogP contribution in [0.15, 0.2) is 41.3 Å². The Hall–Kier alpha value is -2.48. The standard InChI is InChI=1S/C15H17N5O2S/c1-11-17-15-8-7-14(19-20(15)18-11)16-10-9-12-3-5-13(6-4-12)23(2,21)22/h3-8H,9-10H2,1-2H3,(H,16,19). The van der Waals surface area contributed by atoms with Crippen LogP contribution in [-0.2, 0) is 16.3 Å². The normalized spacial score (nSPS) is 11.7. The summed E-state index contributed by atoms with van der Waals surface area (Å²) >= 11 is 0. The van der Waals surface area contributed by atoms with E-state index >= 15 is 0 Å². The monoisotopic (exact) mass is 331 g/mol. The minimum absolute atomic E-state index is 0.336. The van der Waals surface area contributed by atoms with Crippen LogP contribution in [0.25, 0.3) is 5.65 Å². The van der Waals surface area contributed by atoms with Gasteiger partial charge in [-0.3, -0.25) is 0 Å². The number of aromatic nitrogens is 4. The molecule has 120 valence electrons. The van der Waals surface area contributed by atoms with Crippen molar-refractivity contribution in [1.29, 1.82) is 0 Å². The van der Waals surface area contributed by atoms with E-state index in [1.807, 2.05) is 31.2 Å². The molecule has 3 rings (SSSR count). The van der Waals surface area contributed by atoms with Crippen LogP contribution in [0.3, 0.4) is 0 Å². The Morgan fingerprint density at radius 2 is 1.83 bits per heavy atom. The molecule has 0 aliphatic rings. The summed E-state index contributed by atoms with van der Waals surface area (Å²) in [5.41, 5.74) is 1.77. The molecule has 7 nitrogen and oxygen atoms in total. The number of aryl methyl sites for hydroxylation is 1. The van der Waals surface area contributed by atoms with E-state index in [1.165, 1.54) is 10.9 Å². The number of sulfone groups is 1. The van der Waals surface area contributed by atoms with E-state index in [1.54, 1.807) is 12.1 Å². The molecule has 0 aliphatic heterocycles. The first-order chi connectivity index (χ1) is 10.9. The van der Waals surface area contributed by atoms with Gasteiger partial charge in [-0.1, -0.05) is 12.1 Å². The van der Waals surface area contributed by atoms with Crippen LogP contribution in [0.5, 0.6) is 0 Å². The second-order valence-corrected chi connectivity index (χ2v) is 7.33. The molecule has 0 unspecified atom stereocenters. The predicted molar refractivity (Wildman–Crippen MR) is 87.3 cm³/mol. The van der Waals surface area contributed by atoms with Gasteiger partial charge in [-0.15, -0.1) is 14.8 Å². The van der Waals surface area contributed by atoms with Crippen LogP contribution < -0.4 is 5.32 Å². The largest absolute Gasteiger partial charge is 0.368 e. The fourth-order valence-electron chi connectivity index (χ4n) is 2.22. The highest BCUT2D eigenvalue weighted by Crippen LogP contribution is 2.11. The topological polar surface area (TPSA) is 89.2 Å². The smallest absolute Gasteiger partial charge is 0.176 e. The maximum atomic E-state index is 11.4. The highest BCUT2D eigenvalue weighted by atomic mass is 32.2. The average Bonchev–Trinajstić information content (AvgIpc) is 2.86. The predicted octanol–water partition coefficient (Wildman–Crippen LogP) is 1.49. The molecule has 0 fully saturated rings. The third kappa shape index (κ3) is 3.65. The zero-order valence-electron chi connectivity index (χ0n) is 12.9. The Bertz CT molecular complexity index is 932. The first-order valence-electron chi connectivity index (χ1n) is 7.15. The summed E-state index contributed by atoms with van der Waals surface area (Å²) in [5, 5.41) is 11.7. The number of rotatable bonds is 5. The molecule has 0 amide bonds. The first kappa shape index (κ1) is 15.4. The molecule has 1 aromatic carbocycles. The van der Waals surface area contributed by atoms with Crippen molar-refractivity contribution in [2.24, 2.45) is 0 Å². The van der Waals surface area contributed by atoms with E-state index in [4.69, 9.17) is 0 Å². The van der Waals surface area contributed by atoms with Crippen LogP contribution in [0, 0.1) is 6.92 Å². The van der Waals surface area contributed by atoms with E-state index in [2.05, 4.69) is 20.5 Å². The molecule has 1 N–H and O–H groups in total. The van der Waals surface area contributed by atoms with Gasteiger partial charge >= 0.3 is 0 Å². The fourth-order valence-corrected chi connectivity index (χ4v) is 2.85. The van der Waals surface area contributed by atoms with Crippen molar-refractivity contribution in [2.75, 3.05) is 18.1 Å². The van der Waals surface area contributed by atoms with Crippen molar-refractivity contribution in [2.45, 2.75) is 18.2 Å². The maximum absolute atomic E-state index is 11.4. The summed E-state index contributed by atoms with van der Waals surface area (Å²) in [4.78, 5) is 4.56. The number of hydrogen-bond acceptors (Lipinski definition) is 6. The van der Waals surface area contributed by atoms with E-state index < -0.39 is 9.84 Å². The number of benzene rings is 1. The van der Waals surface area contributed by atoms with Gasteiger partial charge < -0.3 is 5.32 Å². The summed E-state index contributed by atoms with van der Waals surface area (Å²) in [7, 11) is -3.14. The fraction of sp³-hybridized carbons (Fsp3) is 0.267. The van der Waals surface area contributed by atoms with Gasteiger partial charge in [0.2, 0.25) is 0 Å². The van der Waals surface area contributed by atoms with Crippen LogP contribution in [-0.4, -0.2) is 41.0 Å². The molecule has 3 aromatic rings. The molecule has 8 heteroatoms. The Morgan fingerprint density at radius 3 is 2.52 bits per heavy atom. The third-order valence-electron chi connectivity index (χ3n) is 3.38. The summed E-state index contributed by atoms with van der Waals surface area (Å²) in [6.45, 7) is 2.51. The van der Waals surface area contributed by atoms with Crippen molar-refractivity contribution in [3.63, 3.8) is 0 Å². The van der Waals surface area contributed by atoms with Crippen LogP contribution >= 0.6 is 0 Å². The van der Waals surface area contributed by atoms with Gasteiger partial charge in [0.05, 0.1) is 4.90 Å².